The summed E-state index contributed by atoms with van der Waals surface area (Å²) in [4.78, 5) is 5.28. The van der Waals surface area contributed by atoms with Crippen molar-refractivity contribution in [2.45, 2.75) is 19.3 Å². The van der Waals surface area contributed by atoms with E-state index in [9.17, 15) is 0 Å². The lowest BCUT2D eigenvalue weighted by atomic mass is 9.78. The van der Waals surface area contributed by atoms with Crippen LogP contribution in [0.3, 0.4) is 0 Å². The molecule has 0 radical (unpaired) electrons. The Morgan fingerprint density at radius 2 is 0.860 bits per heavy atom. The number of para-hydroxylation sites is 1. The number of nitrogens with zero attached hydrogens (tertiary/aromatic N) is 1. The first-order valence-corrected chi connectivity index (χ1v) is 20.0. The van der Waals surface area contributed by atoms with E-state index in [1.807, 2.05) is 0 Å². The van der Waals surface area contributed by atoms with Crippen molar-refractivity contribution in [1.82, 2.24) is 4.98 Å². The van der Waals surface area contributed by atoms with Crippen molar-refractivity contribution < 1.29 is 0 Å². The highest BCUT2D eigenvalue weighted by molar-refractivity contribution is 6.29. The molecule has 2 aliphatic carbocycles. The van der Waals surface area contributed by atoms with E-state index >= 15 is 0 Å². The van der Waals surface area contributed by atoms with Gasteiger partial charge in [0.05, 0.1) is 11.2 Å². The Morgan fingerprint density at radius 3 is 1.61 bits per heavy atom. The fourth-order valence-electron chi connectivity index (χ4n) is 10.8. The third-order valence-electron chi connectivity index (χ3n) is 13.4. The molecule has 0 bridgehead atoms. The smallest absolute Gasteiger partial charge is 0.0759 e. The van der Waals surface area contributed by atoms with Crippen LogP contribution in [0.2, 0.25) is 0 Å². The van der Waals surface area contributed by atoms with E-state index in [0.29, 0.717) is 0 Å². The minimum Gasteiger partial charge on any atom is -0.247 e. The molecule has 0 aliphatic heterocycles. The van der Waals surface area contributed by atoms with Crippen molar-refractivity contribution in [1.29, 1.82) is 0 Å². The van der Waals surface area contributed by atoms with E-state index in [4.69, 9.17) is 4.98 Å². The molecule has 0 spiro atoms. The Balaban J connectivity index is 0.981. The molecule has 1 heterocycles. The largest absolute Gasteiger partial charge is 0.247 e. The SMILES string of the molecule is CC1(C)c2ccccc2-c2nc3ccccc3c(-c3ccc(-c4ccc5ccc6c(-c7ccc8c9c(cccc79)-c7ccccc7-8)ccc7ccc4c5c76)cc3)c21. The van der Waals surface area contributed by atoms with Gasteiger partial charge in [0.15, 0.2) is 0 Å². The van der Waals surface area contributed by atoms with Gasteiger partial charge < -0.3 is 0 Å². The molecule has 10 aromatic carbocycles. The van der Waals surface area contributed by atoms with Gasteiger partial charge in [0.2, 0.25) is 0 Å². The van der Waals surface area contributed by atoms with Gasteiger partial charge in [0.1, 0.15) is 0 Å². The quantitative estimate of drug-likeness (QED) is 0.166. The van der Waals surface area contributed by atoms with E-state index in [1.54, 1.807) is 0 Å². The standard InChI is InChI=1S/C56H35N/c1-56(2)48-16-7-5-12-46(48)55-54(56)52(47-13-6-8-17-49(47)57-55)35-20-18-32(19-21-35)36-26-22-33-25-29-44-39(27-23-34-24-28-43(36)50(33)51(34)44)40-30-31-45-38-11-4-3-10-37(38)41-14-9-15-42(40)53(41)45/h3-31H,1-2H3. The fraction of sp³-hybridized carbons (Fsp3) is 0.0536. The lowest BCUT2D eigenvalue weighted by Gasteiger charge is -2.25. The number of benzene rings is 10. The Bertz CT molecular complexity index is 3500. The highest BCUT2D eigenvalue weighted by atomic mass is 14.7. The molecule has 1 heteroatoms. The molecular weight excluding hydrogens is 687 g/mol. The predicted molar refractivity (Wildman–Crippen MR) is 241 cm³/mol. The number of hydrogen-bond acceptors (Lipinski definition) is 1. The van der Waals surface area contributed by atoms with Crippen LogP contribution in [0.15, 0.2) is 176 Å². The molecular formula is C56H35N. The summed E-state index contributed by atoms with van der Waals surface area (Å²) < 4.78 is 0. The monoisotopic (exact) mass is 721 g/mol. The predicted octanol–water partition coefficient (Wildman–Crippen LogP) is 15.2. The molecule has 0 saturated heterocycles. The second-order valence-electron chi connectivity index (χ2n) is 16.6. The van der Waals surface area contributed by atoms with Crippen molar-refractivity contribution in [3.05, 3.63) is 187 Å². The van der Waals surface area contributed by atoms with Crippen LogP contribution in [0.1, 0.15) is 25.0 Å². The lowest BCUT2D eigenvalue weighted by molar-refractivity contribution is 0.662. The lowest BCUT2D eigenvalue weighted by Crippen LogP contribution is -2.16. The summed E-state index contributed by atoms with van der Waals surface area (Å²) >= 11 is 0. The third kappa shape index (κ3) is 4.06. The number of fused-ring (bicyclic) bond motifs is 7. The van der Waals surface area contributed by atoms with Crippen LogP contribution >= 0.6 is 0 Å². The highest BCUT2D eigenvalue weighted by Gasteiger charge is 2.39. The van der Waals surface area contributed by atoms with E-state index in [0.717, 1.165) is 11.2 Å². The topological polar surface area (TPSA) is 12.9 Å². The zero-order chi connectivity index (χ0) is 37.6. The molecule has 0 fully saturated rings. The summed E-state index contributed by atoms with van der Waals surface area (Å²) in [6.07, 6.45) is 0. The normalized spacial score (nSPS) is 13.6. The van der Waals surface area contributed by atoms with Crippen molar-refractivity contribution in [2.24, 2.45) is 0 Å². The van der Waals surface area contributed by atoms with Crippen molar-refractivity contribution in [3.63, 3.8) is 0 Å². The van der Waals surface area contributed by atoms with Gasteiger partial charge in [-0.2, -0.15) is 0 Å². The maximum absolute atomic E-state index is 5.28. The van der Waals surface area contributed by atoms with Crippen LogP contribution in [-0.2, 0) is 5.41 Å². The van der Waals surface area contributed by atoms with Crippen LogP contribution in [0.25, 0.3) is 121 Å². The van der Waals surface area contributed by atoms with Gasteiger partial charge in [0.25, 0.3) is 0 Å². The average Bonchev–Trinajstić information content (AvgIpc) is 3.71. The summed E-state index contributed by atoms with van der Waals surface area (Å²) in [5, 5.41) is 11.7. The van der Waals surface area contributed by atoms with Crippen molar-refractivity contribution in [3.8, 4) is 66.9 Å². The van der Waals surface area contributed by atoms with E-state index in [1.165, 1.54) is 121 Å². The number of hydrogen-bond donors (Lipinski definition) is 0. The van der Waals surface area contributed by atoms with Crippen LogP contribution < -0.4 is 0 Å². The summed E-state index contributed by atoms with van der Waals surface area (Å²) in [7, 11) is 0. The summed E-state index contributed by atoms with van der Waals surface area (Å²) in [5.74, 6) is 0. The number of pyridine rings is 1. The molecule has 2 aliphatic rings. The Morgan fingerprint density at radius 1 is 0.351 bits per heavy atom. The van der Waals surface area contributed by atoms with E-state index < -0.39 is 0 Å². The maximum Gasteiger partial charge on any atom is 0.0759 e. The van der Waals surface area contributed by atoms with Crippen LogP contribution in [0, 0.1) is 0 Å². The maximum atomic E-state index is 5.28. The van der Waals surface area contributed by atoms with Gasteiger partial charge in [-0.1, -0.05) is 184 Å². The van der Waals surface area contributed by atoms with E-state index in [2.05, 4.69) is 190 Å². The van der Waals surface area contributed by atoms with E-state index in [-0.39, 0.29) is 5.41 Å². The second-order valence-corrected chi connectivity index (χ2v) is 16.6. The summed E-state index contributed by atoms with van der Waals surface area (Å²) in [6, 6.07) is 65.8. The van der Waals surface area contributed by atoms with Gasteiger partial charge in [-0.25, -0.2) is 4.98 Å². The van der Waals surface area contributed by atoms with Gasteiger partial charge in [-0.05, 0) is 116 Å². The Kier molecular flexibility index (Phi) is 6.03. The molecule has 13 rings (SSSR count). The minimum absolute atomic E-state index is 0.167. The van der Waals surface area contributed by atoms with Crippen LogP contribution in [0.5, 0.6) is 0 Å². The molecule has 1 aromatic heterocycles. The zero-order valence-electron chi connectivity index (χ0n) is 31.7. The molecule has 0 amide bonds. The molecule has 0 unspecified atom stereocenters. The molecule has 0 N–H and O–H groups in total. The van der Waals surface area contributed by atoms with Crippen molar-refractivity contribution in [2.75, 3.05) is 0 Å². The minimum atomic E-state index is -0.167. The molecule has 57 heavy (non-hydrogen) atoms. The molecule has 11 aromatic rings. The second kappa shape index (κ2) is 11.0. The molecule has 1 nitrogen and oxygen atoms in total. The molecule has 0 atom stereocenters. The third-order valence-corrected chi connectivity index (χ3v) is 13.4. The van der Waals surface area contributed by atoms with Gasteiger partial charge in [-0.3, -0.25) is 0 Å². The first-order chi connectivity index (χ1) is 28.0. The van der Waals surface area contributed by atoms with Gasteiger partial charge in [-0.15, -0.1) is 0 Å². The first kappa shape index (κ1) is 31.2. The Labute approximate surface area is 330 Å². The van der Waals surface area contributed by atoms with Crippen molar-refractivity contribution >= 4 is 54.0 Å². The molecule has 264 valence electrons. The fourth-order valence-corrected chi connectivity index (χ4v) is 10.8. The summed E-state index contributed by atoms with van der Waals surface area (Å²) in [5.41, 5.74) is 18.8. The number of rotatable bonds is 3. The average molecular weight is 722 g/mol. The van der Waals surface area contributed by atoms with Gasteiger partial charge >= 0.3 is 0 Å². The van der Waals surface area contributed by atoms with Crippen LogP contribution in [-0.4, -0.2) is 4.98 Å². The molecule has 0 saturated carbocycles. The highest BCUT2D eigenvalue weighted by Crippen LogP contribution is 2.54. The van der Waals surface area contributed by atoms with Gasteiger partial charge in [0, 0.05) is 16.4 Å². The first-order valence-electron chi connectivity index (χ1n) is 20.0. The summed E-state index contributed by atoms with van der Waals surface area (Å²) in [6.45, 7) is 4.71. The van der Waals surface area contributed by atoms with Crippen LogP contribution in [0.4, 0.5) is 0 Å². The Hall–Kier alpha value is -7.09. The zero-order valence-corrected chi connectivity index (χ0v) is 31.7. The number of aromatic nitrogens is 1.